The van der Waals surface area contributed by atoms with Gasteiger partial charge in [0.2, 0.25) is 0 Å². The average molecular weight is 340 g/mol. The summed E-state index contributed by atoms with van der Waals surface area (Å²) >= 11 is 1.72. The molecule has 0 spiro atoms. The minimum atomic E-state index is -0.0587. The zero-order chi connectivity index (χ0) is 16.6. The Kier molecular flexibility index (Phi) is 5.69. The van der Waals surface area contributed by atoms with Crippen molar-refractivity contribution in [1.29, 1.82) is 0 Å². The van der Waals surface area contributed by atoms with Gasteiger partial charge in [-0.05, 0) is 29.5 Å². The molecule has 2 heterocycles. The molecule has 124 valence electrons. The van der Waals surface area contributed by atoms with Crippen LogP contribution in [-0.2, 0) is 19.5 Å². The van der Waals surface area contributed by atoms with Gasteiger partial charge in [-0.15, -0.1) is 11.3 Å². The molecule has 0 unspecified atom stereocenters. The molecular weight excluding hydrogens is 320 g/mol. The lowest BCUT2D eigenvalue weighted by molar-refractivity contribution is 0.195. The third kappa shape index (κ3) is 4.73. The first kappa shape index (κ1) is 16.3. The Morgan fingerprint density at radius 2 is 1.96 bits per heavy atom. The van der Waals surface area contributed by atoms with Crippen LogP contribution in [0.1, 0.15) is 16.0 Å². The van der Waals surface area contributed by atoms with E-state index >= 15 is 0 Å². The van der Waals surface area contributed by atoms with Gasteiger partial charge >= 0.3 is 6.03 Å². The number of thiophene rings is 1. The molecule has 5 heteroatoms. The maximum absolute atomic E-state index is 12.6. The third-order valence-electron chi connectivity index (χ3n) is 3.74. The summed E-state index contributed by atoms with van der Waals surface area (Å²) in [6, 6.07) is 15.9. The molecule has 2 aromatic heterocycles. The molecule has 1 aromatic carbocycles. The fraction of sp³-hybridized carbons (Fsp3) is 0.211. The minimum Gasteiger partial charge on any atom is -0.472 e. The summed E-state index contributed by atoms with van der Waals surface area (Å²) < 4.78 is 5.12. The predicted molar refractivity (Wildman–Crippen MR) is 95.8 cm³/mol. The van der Waals surface area contributed by atoms with E-state index in [0.717, 1.165) is 17.5 Å². The highest BCUT2D eigenvalue weighted by Crippen LogP contribution is 2.12. The molecule has 0 saturated heterocycles. The highest BCUT2D eigenvalue weighted by Gasteiger charge is 2.14. The van der Waals surface area contributed by atoms with Gasteiger partial charge in [-0.2, -0.15) is 0 Å². The molecule has 0 aliphatic heterocycles. The molecule has 0 bridgehead atoms. The van der Waals surface area contributed by atoms with E-state index in [1.165, 1.54) is 4.88 Å². The molecule has 2 amide bonds. The van der Waals surface area contributed by atoms with Gasteiger partial charge in [0.1, 0.15) is 0 Å². The molecule has 0 radical (unpaired) electrons. The van der Waals surface area contributed by atoms with E-state index in [4.69, 9.17) is 4.42 Å². The van der Waals surface area contributed by atoms with Crippen LogP contribution in [0.2, 0.25) is 0 Å². The summed E-state index contributed by atoms with van der Waals surface area (Å²) in [5, 5.41) is 5.06. The Morgan fingerprint density at radius 3 is 2.67 bits per heavy atom. The van der Waals surface area contributed by atoms with Gasteiger partial charge in [0.05, 0.1) is 19.1 Å². The van der Waals surface area contributed by atoms with E-state index in [9.17, 15) is 4.79 Å². The van der Waals surface area contributed by atoms with Gasteiger partial charge in [-0.25, -0.2) is 4.79 Å². The third-order valence-corrected chi connectivity index (χ3v) is 4.67. The van der Waals surface area contributed by atoms with Crippen LogP contribution < -0.4 is 5.32 Å². The van der Waals surface area contributed by atoms with Crippen LogP contribution in [0.5, 0.6) is 0 Å². The van der Waals surface area contributed by atoms with Gasteiger partial charge in [-0.1, -0.05) is 36.4 Å². The summed E-state index contributed by atoms with van der Waals surface area (Å²) in [7, 11) is 0. The van der Waals surface area contributed by atoms with Crippen molar-refractivity contribution in [2.24, 2.45) is 0 Å². The smallest absolute Gasteiger partial charge is 0.317 e. The number of hydrogen-bond donors (Lipinski definition) is 1. The van der Waals surface area contributed by atoms with Crippen LogP contribution in [0.4, 0.5) is 4.79 Å². The van der Waals surface area contributed by atoms with Crippen LogP contribution in [0.3, 0.4) is 0 Å². The van der Waals surface area contributed by atoms with Crippen molar-refractivity contribution < 1.29 is 9.21 Å². The second-order valence-electron chi connectivity index (χ2n) is 5.53. The summed E-state index contributed by atoms with van der Waals surface area (Å²) in [6.07, 6.45) is 4.17. The number of urea groups is 1. The van der Waals surface area contributed by atoms with E-state index in [1.807, 2.05) is 47.4 Å². The number of amides is 2. The van der Waals surface area contributed by atoms with Gasteiger partial charge in [0.25, 0.3) is 0 Å². The number of rotatable bonds is 7. The van der Waals surface area contributed by atoms with Crippen LogP contribution in [0.15, 0.2) is 70.9 Å². The number of furan rings is 1. The lowest BCUT2D eigenvalue weighted by Gasteiger charge is -2.22. The first-order valence-electron chi connectivity index (χ1n) is 7.91. The summed E-state index contributed by atoms with van der Waals surface area (Å²) in [6.45, 7) is 1.75. The summed E-state index contributed by atoms with van der Waals surface area (Å²) in [5.74, 6) is 0. The molecular formula is C19H20N2O2S. The van der Waals surface area contributed by atoms with Gasteiger partial charge < -0.3 is 14.6 Å². The van der Waals surface area contributed by atoms with Gasteiger partial charge in [0, 0.05) is 23.5 Å². The zero-order valence-corrected chi connectivity index (χ0v) is 14.2. The number of carbonyl (C=O) groups is 1. The second kappa shape index (κ2) is 8.36. The molecule has 0 aliphatic carbocycles. The maximum atomic E-state index is 12.6. The number of nitrogens with one attached hydrogen (secondary N) is 1. The highest BCUT2D eigenvalue weighted by molar-refractivity contribution is 7.09. The van der Waals surface area contributed by atoms with Crippen molar-refractivity contribution in [3.63, 3.8) is 0 Å². The molecule has 3 rings (SSSR count). The van der Waals surface area contributed by atoms with Crippen molar-refractivity contribution in [3.8, 4) is 0 Å². The Hall–Kier alpha value is -2.53. The number of hydrogen-bond acceptors (Lipinski definition) is 3. The van der Waals surface area contributed by atoms with E-state index < -0.39 is 0 Å². The molecule has 0 atom stereocenters. The molecule has 1 N–H and O–H groups in total. The van der Waals surface area contributed by atoms with Crippen LogP contribution in [0, 0.1) is 0 Å². The Balaban J connectivity index is 1.60. The number of benzene rings is 1. The Bertz CT molecular complexity index is 724. The van der Waals surface area contributed by atoms with Crippen LogP contribution in [0.25, 0.3) is 0 Å². The highest BCUT2D eigenvalue weighted by atomic mass is 32.1. The first-order valence-corrected chi connectivity index (χ1v) is 8.79. The first-order chi connectivity index (χ1) is 11.8. The Morgan fingerprint density at radius 1 is 1.08 bits per heavy atom. The fourth-order valence-corrected chi connectivity index (χ4v) is 3.14. The predicted octanol–water partition coefficient (Wildman–Crippen LogP) is 4.30. The molecule has 4 nitrogen and oxygen atoms in total. The lowest BCUT2D eigenvalue weighted by atomic mass is 10.2. The SMILES string of the molecule is O=C(NCc1ccccc1)N(CCc1cccs1)Cc1ccoc1. The van der Waals surface area contributed by atoms with E-state index in [-0.39, 0.29) is 6.03 Å². The standard InChI is InChI=1S/C19H20N2O2S/c22-19(20-13-16-5-2-1-3-6-16)21(14-17-9-11-23-15-17)10-8-18-7-4-12-24-18/h1-7,9,11-12,15H,8,10,13-14H2,(H,20,22). The van der Waals surface area contributed by atoms with Crippen LogP contribution in [-0.4, -0.2) is 17.5 Å². The lowest BCUT2D eigenvalue weighted by Crippen LogP contribution is -2.40. The van der Waals surface area contributed by atoms with Crippen molar-refractivity contribution in [2.75, 3.05) is 6.54 Å². The van der Waals surface area contributed by atoms with E-state index in [0.29, 0.717) is 19.6 Å². The topological polar surface area (TPSA) is 45.5 Å². The maximum Gasteiger partial charge on any atom is 0.317 e. The minimum absolute atomic E-state index is 0.0587. The van der Waals surface area contributed by atoms with Crippen molar-refractivity contribution in [1.82, 2.24) is 10.2 Å². The van der Waals surface area contributed by atoms with Crippen molar-refractivity contribution in [2.45, 2.75) is 19.5 Å². The van der Waals surface area contributed by atoms with Crippen molar-refractivity contribution >= 4 is 17.4 Å². The quantitative estimate of drug-likeness (QED) is 0.697. The summed E-state index contributed by atoms with van der Waals surface area (Å²) in [4.78, 5) is 15.7. The van der Waals surface area contributed by atoms with E-state index in [2.05, 4.69) is 16.8 Å². The monoisotopic (exact) mass is 340 g/mol. The van der Waals surface area contributed by atoms with Crippen molar-refractivity contribution in [3.05, 3.63) is 82.4 Å². The number of nitrogens with zero attached hydrogens (tertiary/aromatic N) is 1. The second-order valence-corrected chi connectivity index (χ2v) is 6.56. The molecule has 3 aromatic rings. The molecule has 0 aliphatic rings. The molecule has 24 heavy (non-hydrogen) atoms. The average Bonchev–Trinajstić information content (AvgIpc) is 3.31. The zero-order valence-electron chi connectivity index (χ0n) is 13.4. The Labute approximate surface area is 145 Å². The number of carbonyl (C=O) groups excluding carboxylic acids is 1. The summed E-state index contributed by atoms with van der Waals surface area (Å²) in [5.41, 5.74) is 2.09. The van der Waals surface area contributed by atoms with Crippen LogP contribution >= 0.6 is 11.3 Å². The van der Waals surface area contributed by atoms with E-state index in [1.54, 1.807) is 23.9 Å². The van der Waals surface area contributed by atoms with Gasteiger partial charge in [0.15, 0.2) is 0 Å². The molecule has 0 saturated carbocycles. The molecule has 0 fully saturated rings. The fourth-order valence-electron chi connectivity index (χ4n) is 2.44. The van der Waals surface area contributed by atoms with Gasteiger partial charge in [-0.3, -0.25) is 0 Å². The normalized spacial score (nSPS) is 10.5. The largest absolute Gasteiger partial charge is 0.472 e.